The van der Waals surface area contributed by atoms with Crippen LogP contribution in [0.5, 0.6) is 0 Å². The third kappa shape index (κ3) is 7.13. The van der Waals surface area contributed by atoms with Crippen molar-refractivity contribution in [3.63, 3.8) is 0 Å². The Labute approximate surface area is 190 Å². The number of carboxylic acid groups (broad SMARTS) is 1. The molecular formula is C23H37N5O4. The number of carbonyl (C=O) groups excluding carboxylic acids is 1. The first-order valence-electron chi connectivity index (χ1n) is 11.9. The van der Waals surface area contributed by atoms with Crippen LogP contribution in [0.4, 0.5) is 5.95 Å². The average Bonchev–Trinajstić information content (AvgIpc) is 3.01. The molecule has 0 unspecified atom stereocenters. The van der Waals surface area contributed by atoms with Crippen LogP contribution in [0.2, 0.25) is 0 Å². The van der Waals surface area contributed by atoms with Gasteiger partial charge in [-0.2, -0.15) is 0 Å². The topological polar surface area (TPSA) is 117 Å². The number of aromatic nitrogens is 2. The first kappa shape index (κ1) is 24.4. The lowest BCUT2D eigenvalue weighted by Gasteiger charge is -2.36. The van der Waals surface area contributed by atoms with Crippen LogP contribution in [0.25, 0.3) is 0 Å². The van der Waals surface area contributed by atoms with Gasteiger partial charge in [-0.1, -0.05) is 6.92 Å². The summed E-state index contributed by atoms with van der Waals surface area (Å²) >= 11 is 0. The maximum Gasteiger partial charge on any atom is 0.290 e. The third-order valence-electron chi connectivity index (χ3n) is 6.75. The van der Waals surface area contributed by atoms with Gasteiger partial charge in [0.05, 0.1) is 5.92 Å². The Morgan fingerprint density at radius 2 is 1.81 bits per heavy atom. The van der Waals surface area contributed by atoms with E-state index in [0.29, 0.717) is 18.0 Å². The molecule has 2 aliphatic heterocycles. The number of nitrogens with zero attached hydrogens (tertiary/aromatic N) is 3. The van der Waals surface area contributed by atoms with Gasteiger partial charge in [0.1, 0.15) is 0 Å². The summed E-state index contributed by atoms with van der Waals surface area (Å²) in [5.74, 6) is 1.00. The van der Waals surface area contributed by atoms with Gasteiger partial charge in [-0.15, -0.1) is 0 Å². The molecule has 3 aliphatic rings. The van der Waals surface area contributed by atoms with E-state index in [1.807, 2.05) is 12.4 Å². The Kier molecular flexibility index (Phi) is 9.67. The Bertz CT molecular complexity index is 707. The van der Waals surface area contributed by atoms with Crippen LogP contribution in [0.3, 0.4) is 0 Å². The molecule has 2 atom stereocenters. The summed E-state index contributed by atoms with van der Waals surface area (Å²) in [7, 11) is 0. The van der Waals surface area contributed by atoms with Crippen molar-refractivity contribution in [1.29, 1.82) is 0 Å². The molecule has 0 bridgehead atoms. The molecule has 1 aromatic heterocycles. The Hall–Kier alpha value is -2.26. The number of rotatable bonds is 6. The lowest BCUT2D eigenvalue weighted by Crippen LogP contribution is -2.48. The summed E-state index contributed by atoms with van der Waals surface area (Å²) in [4.78, 5) is 32.8. The normalized spacial score (nSPS) is 24.9. The Morgan fingerprint density at radius 1 is 1.12 bits per heavy atom. The van der Waals surface area contributed by atoms with E-state index in [1.54, 1.807) is 0 Å². The third-order valence-corrected chi connectivity index (χ3v) is 6.75. The van der Waals surface area contributed by atoms with Gasteiger partial charge in [0.25, 0.3) is 6.47 Å². The van der Waals surface area contributed by atoms with Crippen LogP contribution in [-0.4, -0.2) is 76.8 Å². The fourth-order valence-electron chi connectivity index (χ4n) is 4.57. The fraction of sp³-hybridized carbons (Fsp3) is 0.739. The molecule has 9 nitrogen and oxygen atoms in total. The molecule has 0 radical (unpaired) electrons. The van der Waals surface area contributed by atoms with Crippen molar-refractivity contribution in [3.05, 3.63) is 18.0 Å². The van der Waals surface area contributed by atoms with Gasteiger partial charge in [0.2, 0.25) is 11.9 Å². The predicted molar refractivity (Wildman–Crippen MR) is 121 cm³/mol. The van der Waals surface area contributed by atoms with E-state index in [2.05, 4.69) is 32.4 Å². The van der Waals surface area contributed by atoms with Crippen molar-refractivity contribution in [2.75, 3.05) is 31.6 Å². The van der Waals surface area contributed by atoms with E-state index >= 15 is 0 Å². The monoisotopic (exact) mass is 447 g/mol. The molecular weight excluding hydrogens is 410 g/mol. The van der Waals surface area contributed by atoms with Gasteiger partial charge in [-0.05, 0) is 56.9 Å². The fourth-order valence-corrected chi connectivity index (χ4v) is 4.57. The minimum absolute atomic E-state index is 0.0635. The molecule has 1 aromatic rings. The second-order valence-electron chi connectivity index (χ2n) is 8.92. The van der Waals surface area contributed by atoms with E-state index in [1.165, 1.54) is 6.42 Å². The number of carbonyl (C=O) groups is 2. The lowest BCUT2D eigenvalue weighted by atomic mass is 9.91. The molecule has 32 heavy (non-hydrogen) atoms. The molecule has 0 aromatic carbocycles. The maximum atomic E-state index is 12.9. The first-order chi connectivity index (χ1) is 15.6. The molecule has 4 rings (SSSR count). The molecule has 2 saturated heterocycles. The minimum atomic E-state index is -0.250. The zero-order valence-electron chi connectivity index (χ0n) is 19.0. The van der Waals surface area contributed by atoms with Crippen molar-refractivity contribution in [1.82, 2.24) is 20.2 Å². The van der Waals surface area contributed by atoms with Gasteiger partial charge in [-0.25, -0.2) is 9.97 Å². The molecule has 9 heteroatoms. The van der Waals surface area contributed by atoms with Crippen LogP contribution in [0.1, 0.15) is 57.4 Å². The number of nitrogens with one attached hydrogen (secondary N) is 2. The molecule has 1 saturated carbocycles. The standard InChI is InChI=1S/C22H35N5O2.CH2O2/c1-2-16-12-23-22(24-13-16)26-19-7-6-17(21(28)25-18-4-3-5-18)14-27(15-19)20-8-10-29-11-9-20;2-1-3/h12-13,17-20H,2-11,14-15H2,1H3,(H,25,28)(H,23,24,26);1H,(H,2,3)/t17-,19+;/m1./s1. The number of hydrogen-bond acceptors (Lipinski definition) is 7. The molecule has 1 aliphatic carbocycles. The van der Waals surface area contributed by atoms with Gasteiger partial charge in [0, 0.05) is 56.8 Å². The zero-order valence-corrected chi connectivity index (χ0v) is 19.0. The summed E-state index contributed by atoms with van der Waals surface area (Å²) < 4.78 is 5.57. The van der Waals surface area contributed by atoms with Crippen molar-refractivity contribution < 1.29 is 19.4 Å². The van der Waals surface area contributed by atoms with Crippen LogP contribution in [0.15, 0.2) is 12.4 Å². The summed E-state index contributed by atoms with van der Waals surface area (Å²) in [6.45, 7) is 5.27. The molecule has 1 amide bonds. The smallest absolute Gasteiger partial charge is 0.290 e. The number of hydrogen-bond donors (Lipinski definition) is 3. The van der Waals surface area contributed by atoms with Crippen molar-refractivity contribution in [2.24, 2.45) is 5.92 Å². The van der Waals surface area contributed by atoms with Gasteiger partial charge in [0.15, 0.2) is 0 Å². The number of aryl methyl sites for hydroxylation is 1. The van der Waals surface area contributed by atoms with Crippen molar-refractivity contribution in [3.8, 4) is 0 Å². The van der Waals surface area contributed by atoms with Gasteiger partial charge < -0.3 is 20.5 Å². The lowest BCUT2D eigenvalue weighted by molar-refractivity contribution is -0.127. The molecule has 3 N–H and O–H groups in total. The van der Waals surface area contributed by atoms with Crippen LogP contribution >= 0.6 is 0 Å². The first-order valence-corrected chi connectivity index (χ1v) is 11.9. The highest BCUT2D eigenvalue weighted by Gasteiger charge is 2.34. The van der Waals surface area contributed by atoms with E-state index in [4.69, 9.17) is 14.6 Å². The van der Waals surface area contributed by atoms with Crippen molar-refractivity contribution >= 4 is 18.3 Å². The van der Waals surface area contributed by atoms with E-state index < -0.39 is 0 Å². The number of likely N-dealkylation sites (tertiary alicyclic amines) is 1. The van der Waals surface area contributed by atoms with Crippen molar-refractivity contribution in [2.45, 2.75) is 76.4 Å². The van der Waals surface area contributed by atoms with E-state index in [9.17, 15) is 4.79 Å². The molecule has 3 heterocycles. The number of amides is 1. The molecule has 3 fully saturated rings. The highest BCUT2D eigenvalue weighted by Crippen LogP contribution is 2.26. The zero-order chi connectivity index (χ0) is 22.8. The quantitative estimate of drug-likeness (QED) is 0.568. The number of anilines is 1. The summed E-state index contributed by atoms with van der Waals surface area (Å²) in [5, 5.41) is 13.7. The SMILES string of the molecule is CCc1cnc(N[C@H]2CC[C@@H](C(=O)NC3CCC3)CN(C3CCOCC3)C2)nc1.O=CO. The summed E-state index contributed by atoms with van der Waals surface area (Å²) in [6.07, 6.45) is 12.2. The summed E-state index contributed by atoms with van der Waals surface area (Å²) in [5.41, 5.74) is 1.15. The van der Waals surface area contributed by atoms with Gasteiger partial charge in [-0.3, -0.25) is 14.5 Å². The maximum absolute atomic E-state index is 12.9. The molecule has 0 spiro atoms. The largest absolute Gasteiger partial charge is 0.483 e. The average molecular weight is 448 g/mol. The van der Waals surface area contributed by atoms with Crippen LogP contribution in [-0.2, 0) is 20.7 Å². The minimum Gasteiger partial charge on any atom is -0.483 e. The molecule has 178 valence electrons. The van der Waals surface area contributed by atoms with E-state index in [0.717, 1.165) is 76.8 Å². The predicted octanol–water partition coefficient (Wildman–Crippen LogP) is 2.08. The highest BCUT2D eigenvalue weighted by atomic mass is 16.5. The Balaban J connectivity index is 0.000000913. The van der Waals surface area contributed by atoms with Gasteiger partial charge >= 0.3 is 0 Å². The second-order valence-corrected chi connectivity index (χ2v) is 8.92. The second kappa shape index (κ2) is 12.7. The van der Waals surface area contributed by atoms with E-state index in [-0.39, 0.29) is 24.3 Å². The van der Waals surface area contributed by atoms with Crippen LogP contribution in [0, 0.1) is 5.92 Å². The highest BCUT2D eigenvalue weighted by molar-refractivity contribution is 5.79. The Morgan fingerprint density at radius 3 is 2.41 bits per heavy atom. The van der Waals surface area contributed by atoms with Crippen LogP contribution < -0.4 is 10.6 Å². The number of ether oxygens (including phenoxy) is 1. The summed E-state index contributed by atoms with van der Waals surface area (Å²) in [6, 6.07) is 1.15.